The highest BCUT2D eigenvalue weighted by atomic mass is 16.5. The number of esters is 1. The van der Waals surface area contributed by atoms with Crippen molar-refractivity contribution in [3.63, 3.8) is 0 Å². The SMILES string of the molecule is COC(=O)c1cnc(N2CC[C@H](C)C2)cn1. The number of nitrogens with zero attached hydrogens (tertiary/aromatic N) is 3. The minimum atomic E-state index is -0.450. The molecule has 86 valence electrons. The van der Waals surface area contributed by atoms with E-state index in [1.165, 1.54) is 19.7 Å². The van der Waals surface area contributed by atoms with Crippen molar-refractivity contribution in [2.24, 2.45) is 5.92 Å². The van der Waals surface area contributed by atoms with Gasteiger partial charge in [0.05, 0.1) is 19.5 Å². The Balaban J connectivity index is 2.10. The molecule has 0 radical (unpaired) electrons. The van der Waals surface area contributed by atoms with Gasteiger partial charge in [-0.2, -0.15) is 0 Å². The van der Waals surface area contributed by atoms with Gasteiger partial charge >= 0.3 is 5.97 Å². The monoisotopic (exact) mass is 221 g/mol. The molecule has 0 amide bonds. The molecule has 1 saturated heterocycles. The Hall–Kier alpha value is -1.65. The van der Waals surface area contributed by atoms with E-state index in [4.69, 9.17) is 0 Å². The van der Waals surface area contributed by atoms with Gasteiger partial charge in [0.25, 0.3) is 0 Å². The summed E-state index contributed by atoms with van der Waals surface area (Å²) in [5.74, 6) is 1.08. The van der Waals surface area contributed by atoms with Gasteiger partial charge in [-0.1, -0.05) is 6.92 Å². The Kier molecular flexibility index (Phi) is 3.03. The van der Waals surface area contributed by atoms with Crippen molar-refractivity contribution in [2.45, 2.75) is 13.3 Å². The van der Waals surface area contributed by atoms with Gasteiger partial charge in [-0.05, 0) is 12.3 Å². The molecule has 1 aromatic rings. The third-order valence-corrected chi connectivity index (χ3v) is 2.78. The Morgan fingerprint density at radius 3 is 2.81 bits per heavy atom. The van der Waals surface area contributed by atoms with E-state index in [1.54, 1.807) is 6.20 Å². The fourth-order valence-electron chi connectivity index (χ4n) is 1.84. The van der Waals surface area contributed by atoms with Gasteiger partial charge in [0.15, 0.2) is 5.69 Å². The molecule has 1 fully saturated rings. The maximum Gasteiger partial charge on any atom is 0.358 e. The lowest BCUT2D eigenvalue weighted by molar-refractivity contribution is 0.0593. The molecule has 16 heavy (non-hydrogen) atoms. The zero-order valence-electron chi connectivity index (χ0n) is 9.51. The summed E-state index contributed by atoms with van der Waals surface area (Å²) >= 11 is 0. The average Bonchev–Trinajstić information content (AvgIpc) is 2.75. The van der Waals surface area contributed by atoms with Crippen LogP contribution in [0.15, 0.2) is 12.4 Å². The van der Waals surface area contributed by atoms with Crippen LogP contribution in [0.2, 0.25) is 0 Å². The number of carbonyl (C=O) groups excluding carboxylic acids is 1. The Morgan fingerprint density at radius 2 is 2.31 bits per heavy atom. The number of methoxy groups -OCH3 is 1. The zero-order valence-corrected chi connectivity index (χ0v) is 9.51. The first-order chi connectivity index (χ1) is 7.70. The van der Waals surface area contributed by atoms with Crippen LogP contribution in [0.5, 0.6) is 0 Å². The van der Waals surface area contributed by atoms with Gasteiger partial charge in [-0.25, -0.2) is 14.8 Å². The zero-order chi connectivity index (χ0) is 11.5. The Morgan fingerprint density at radius 1 is 1.50 bits per heavy atom. The number of rotatable bonds is 2. The molecule has 0 bridgehead atoms. The van der Waals surface area contributed by atoms with Gasteiger partial charge in [-0.3, -0.25) is 0 Å². The lowest BCUT2D eigenvalue weighted by atomic mass is 10.2. The van der Waals surface area contributed by atoms with E-state index in [2.05, 4.69) is 26.5 Å². The normalized spacial score (nSPS) is 19.9. The number of hydrogen-bond donors (Lipinski definition) is 0. The third-order valence-electron chi connectivity index (χ3n) is 2.78. The van der Waals surface area contributed by atoms with Crippen molar-refractivity contribution in [3.8, 4) is 0 Å². The summed E-state index contributed by atoms with van der Waals surface area (Å²) in [6, 6.07) is 0. The first kappa shape index (κ1) is 10.9. The largest absolute Gasteiger partial charge is 0.464 e. The van der Waals surface area contributed by atoms with Crippen LogP contribution < -0.4 is 4.90 Å². The van der Waals surface area contributed by atoms with E-state index >= 15 is 0 Å². The van der Waals surface area contributed by atoms with Crippen molar-refractivity contribution >= 4 is 11.8 Å². The van der Waals surface area contributed by atoms with Crippen LogP contribution in [0.4, 0.5) is 5.82 Å². The Labute approximate surface area is 94.5 Å². The van der Waals surface area contributed by atoms with Gasteiger partial charge < -0.3 is 9.64 Å². The molecule has 1 aliphatic heterocycles. The van der Waals surface area contributed by atoms with Crippen molar-refractivity contribution in [1.29, 1.82) is 0 Å². The molecule has 2 rings (SSSR count). The van der Waals surface area contributed by atoms with E-state index in [0.29, 0.717) is 5.92 Å². The number of aromatic nitrogens is 2. The molecule has 1 aliphatic rings. The molecule has 0 spiro atoms. The third kappa shape index (κ3) is 2.13. The van der Waals surface area contributed by atoms with Gasteiger partial charge in [0.2, 0.25) is 0 Å². The molecule has 0 aliphatic carbocycles. The summed E-state index contributed by atoms with van der Waals surface area (Å²) in [5.41, 5.74) is 0.249. The highest BCUT2D eigenvalue weighted by Crippen LogP contribution is 2.20. The van der Waals surface area contributed by atoms with Crippen LogP contribution in [0, 0.1) is 5.92 Å². The first-order valence-corrected chi connectivity index (χ1v) is 5.36. The summed E-state index contributed by atoms with van der Waals surface area (Å²) in [4.78, 5) is 21.6. The lowest BCUT2D eigenvalue weighted by Crippen LogP contribution is -2.21. The molecule has 2 heterocycles. The van der Waals surface area contributed by atoms with Crippen molar-refractivity contribution in [3.05, 3.63) is 18.1 Å². The number of hydrogen-bond acceptors (Lipinski definition) is 5. The fraction of sp³-hybridized carbons (Fsp3) is 0.545. The van der Waals surface area contributed by atoms with Crippen molar-refractivity contribution < 1.29 is 9.53 Å². The molecule has 0 aromatic carbocycles. The molecule has 1 aromatic heterocycles. The smallest absolute Gasteiger partial charge is 0.358 e. The second-order valence-corrected chi connectivity index (χ2v) is 4.09. The van der Waals surface area contributed by atoms with E-state index in [0.717, 1.165) is 18.9 Å². The molecule has 1 atom stereocenters. The van der Waals surface area contributed by atoms with Gasteiger partial charge in [-0.15, -0.1) is 0 Å². The first-order valence-electron chi connectivity index (χ1n) is 5.36. The summed E-state index contributed by atoms with van der Waals surface area (Å²) in [7, 11) is 1.33. The van der Waals surface area contributed by atoms with Gasteiger partial charge in [0, 0.05) is 13.1 Å². The van der Waals surface area contributed by atoms with E-state index < -0.39 is 5.97 Å². The van der Waals surface area contributed by atoms with Crippen LogP contribution in [-0.2, 0) is 4.74 Å². The highest BCUT2D eigenvalue weighted by molar-refractivity contribution is 5.86. The lowest BCUT2D eigenvalue weighted by Gasteiger charge is -2.16. The second-order valence-electron chi connectivity index (χ2n) is 4.09. The van der Waals surface area contributed by atoms with Gasteiger partial charge in [0.1, 0.15) is 5.82 Å². The van der Waals surface area contributed by atoms with Crippen LogP contribution in [-0.4, -0.2) is 36.1 Å². The number of ether oxygens (including phenoxy) is 1. The minimum absolute atomic E-state index is 0.249. The number of carbonyl (C=O) groups is 1. The quantitative estimate of drug-likeness (QED) is 0.700. The standard InChI is InChI=1S/C11H15N3O2/c1-8-3-4-14(7-8)10-6-12-9(5-13-10)11(15)16-2/h5-6,8H,3-4,7H2,1-2H3/t8-/m0/s1. The predicted octanol–water partition coefficient (Wildman–Crippen LogP) is 1.11. The van der Waals surface area contributed by atoms with E-state index in [-0.39, 0.29) is 5.69 Å². The van der Waals surface area contributed by atoms with Crippen LogP contribution in [0.1, 0.15) is 23.8 Å². The topological polar surface area (TPSA) is 55.3 Å². The average molecular weight is 221 g/mol. The molecule has 0 saturated carbocycles. The van der Waals surface area contributed by atoms with Crippen molar-refractivity contribution in [2.75, 3.05) is 25.1 Å². The van der Waals surface area contributed by atoms with E-state index in [1.807, 2.05) is 0 Å². The molecule has 0 unspecified atom stereocenters. The highest BCUT2D eigenvalue weighted by Gasteiger charge is 2.20. The number of anilines is 1. The summed E-state index contributed by atoms with van der Waals surface area (Å²) in [6.45, 7) is 4.23. The van der Waals surface area contributed by atoms with E-state index in [9.17, 15) is 4.79 Å². The fourth-order valence-corrected chi connectivity index (χ4v) is 1.84. The molecular weight excluding hydrogens is 206 g/mol. The van der Waals surface area contributed by atoms with Crippen LogP contribution >= 0.6 is 0 Å². The summed E-state index contributed by atoms with van der Waals surface area (Å²) in [5, 5.41) is 0. The predicted molar refractivity (Wildman–Crippen MR) is 59.4 cm³/mol. The van der Waals surface area contributed by atoms with Crippen LogP contribution in [0.25, 0.3) is 0 Å². The molecule has 5 heteroatoms. The van der Waals surface area contributed by atoms with Crippen LogP contribution in [0.3, 0.4) is 0 Å². The maximum atomic E-state index is 11.2. The molecular formula is C11H15N3O2. The van der Waals surface area contributed by atoms with Crippen molar-refractivity contribution in [1.82, 2.24) is 9.97 Å². The maximum absolute atomic E-state index is 11.2. The molecule has 5 nitrogen and oxygen atoms in total. The minimum Gasteiger partial charge on any atom is -0.464 e. The molecule has 0 N–H and O–H groups in total. The Bertz CT molecular complexity index is 377. The summed E-state index contributed by atoms with van der Waals surface area (Å²) < 4.78 is 4.56. The second kappa shape index (κ2) is 4.47. The summed E-state index contributed by atoms with van der Waals surface area (Å²) in [6.07, 6.45) is 4.27.